The van der Waals surface area contributed by atoms with Crippen LogP contribution < -0.4 is 4.74 Å². The van der Waals surface area contributed by atoms with Gasteiger partial charge in [-0.3, -0.25) is 4.79 Å². The third-order valence-electron chi connectivity index (χ3n) is 4.23. The fraction of sp³-hybridized carbons (Fsp3) is 0.235. The van der Waals surface area contributed by atoms with Crippen molar-refractivity contribution in [3.8, 4) is 5.75 Å². The highest BCUT2D eigenvalue weighted by Gasteiger charge is 2.45. The lowest BCUT2D eigenvalue weighted by Crippen LogP contribution is -2.50. The maximum absolute atomic E-state index is 12.8. The second-order valence-electron chi connectivity index (χ2n) is 5.54. The number of carbonyl (C=O) groups excluding carboxylic acids is 1. The number of Topliss-reactive ketones (excluding diaryl/α,β-unsaturated/α-hetero) is 1. The molecule has 1 aliphatic rings. The normalized spacial score (nSPS) is 21.1. The van der Waals surface area contributed by atoms with Crippen LogP contribution in [-0.4, -0.2) is 43.8 Å². The van der Waals surface area contributed by atoms with E-state index >= 15 is 0 Å². The molecular formula is C17H17NO5S. The average Bonchev–Trinajstić information content (AvgIpc) is 2.60. The zero-order chi connectivity index (χ0) is 17.5. The number of rotatable bonds is 3. The van der Waals surface area contributed by atoms with Crippen molar-refractivity contribution < 1.29 is 23.1 Å². The van der Waals surface area contributed by atoms with Crippen LogP contribution in [0.5, 0.6) is 5.75 Å². The molecule has 2 atom stereocenters. The summed E-state index contributed by atoms with van der Waals surface area (Å²) in [4.78, 5) is 12.7. The van der Waals surface area contributed by atoms with E-state index in [-0.39, 0.29) is 10.5 Å². The number of ether oxygens (including phenoxy) is 1. The maximum atomic E-state index is 12.8. The van der Waals surface area contributed by atoms with Crippen LogP contribution in [0, 0.1) is 0 Å². The first-order chi connectivity index (χ1) is 11.4. The first-order valence-electron chi connectivity index (χ1n) is 7.31. The highest BCUT2D eigenvalue weighted by atomic mass is 32.2. The Balaban J connectivity index is 2.06. The average molecular weight is 347 g/mol. The Kier molecular flexibility index (Phi) is 4.16. The number of fused-ring (bicyclic) bond motifs is 1. The first-order valence-corrected chi connectivity index (χ1v) is 8.75. The first kappa shape index (κ1) is 16.6. The van der Waals surface area contributed by atoms with Crippen molar-refractivity contribution in [2.24, 2.45) is 0 Å². The largest absolute Gasteiger partial charge is 0.497 e. The summed E-state index contributed by atoms with van der Waals surface area (Å²) in [5.74, 6) is 0.179. The number of aliphatic hydroxyl groups excluding tert-OH is 1. The monoisotopic (exact) mass is 347 g/mol. The van der Waals surface area contributed by atoms with E-state index in [1.54, 1.807) is 36.4 Å². The number of methoxy groups -OCH3 is 1. The molecule has 0 spiro atoms. The molecular weight excluding hydrogens is 330 g/mol. The summed E-state index contributed by atoms with van der Waals surface area (Å²) in [6.07, 6.45) is -1.28. The molecule has 3 rings (SSSR count). The Bertz CT molecular complexity index is 876. The van der Waals surface area contributed by atoms with E-state index in [1.807, 2.05) is 0 Å². The molecule has 0 radical (unpaired) electrons. The molecule has 0 saturated carbocycles. The number of ketones is 1. The predicted molar refractivity (Wildman–Crippen MR) is 87.5 cm³/mol. The summed E-state index contributed by atoms with van der Waals surface area (Å²) in [5, 5.41) is 10.6. The lowest BCUT2D eigenvalue weighted by molar-refractivity contribution is 0.0629. The molecule has 0 aliphatic carbocycles. The summed E-state index contributed by atoms with van der Waals surface area (Å²) >= 11 is 0. The Morgan fingerprint density at radius 3 is 2.38 bits per heavy atom. The van der Waals surface area contributed by atoms with Gasteiger partial charge in [-0.2, -0.15) is 4.31 Å². The minimum atomic E-state index is -3.84. The number of aliphatic hydroxyl groups is 1. The minimum absolute atomic E-state index is 0.0318. The molecule has 0 saturated heterocycles. The number of carbonyl (C=O) groups is 1. The van der Waals surface area contributed by atoms with Gasteiger partial charge in [-0.05, 0) is 29.8 Å². The van der Waals surface area contributed by atoms with Gasteiger partial charge in [0.1, 0.15) is 17.9 Å². The van der Waals surface area contributed by atoms with E-state index < -0.39 is 28.0 Å². The number of likely N-dealkylation sites (N-methyl/N-ethyl adjacent to an activating group) is 1. The lowest BCUT2D eigenvalue weighted by atomic mass is 9.94. The quantitative estimate of drug-likeness (QED) is 0.912. The van der Waals surface area contributed by atoms with Crippen molar-refractivity contribution in [2.75, 3.05) is 14.2 Å². The van der Waals surface area contributed by atoms with Crippen molar-refractivity contribution in [1.29, 1.82) is 0 Å². The van der Waals surface area contributed by atoms with E-state index in [1.165, 1.54) is 26.3 Å². The Morgan fingerprint density at radius 2 is 1.75 bits per heavy atom. The lowest BCUT2D eigenvalue weighted by Gasteiger charge is -2.34. The highest BCUT2D eigenvalue weighted by molar-refractivity contribution is 7.89. The number of benzene rings is 2. The number of hydrogen-bond acceptors (Lipinski definition) is 5. The number of nitrogens with zero attached hydrogens (tertiary/aromatic N) is 1. The van der Waals surface area contributed by atoms with E-state index in [0.717, 1.165) is 4.31 Å². The van der Waals surface area contributed by atoms with Gasteiger partial charge < -0.3 is 9.84 Å². The molecule has 1 N–H and O–H groups in total. The Labute approximate surface area is 140 Å². The van der Waals surface area contributed by atoms with Gasteiger partial charge in [-0.1, -0.05) is 24.3 Å². The fourth-order valence-corrected chi connectivity index (χ4v) is 4.37. The molecule has 24 heavy (non-hydrogen) atoms. The molecule has 2 unspecified atom stereocenters. The molecule has 2 aromatic carbocycles. The van der Waals surface area contributed by atoms with Crippen molar-refractivity contribution in [2.45, 2.75) is 17.0 Å². The van der Waals surface area contributed by atoms with Gasteiger partial charge >= 0.3 is 0 Å². The van der Waals surface area contributed by atoms with Crippen LogP contribution in [0.15, 0.2) is 53.4 Å². The van der Waals surface area contributed by atoms with Gasteiger partial charge in [-0.25, -0.2) is 8.42 Å². The summed E-state index contributed by atoms with van der Waals surface area (Å²) < 4.78 is 31.3. The van der Waals surface area contributed by atoms with Crippen molar-refractivity contribution >= 4 is 15.8 Å². The Hall–Kier alpha value is -2.22. The molecule has 0 aromatic heterocycles. The topological polar surface area (TPSA) is 83.9 Å². The fourth-order valence-electron chi connectivity index (χ4n) is 2.85. The van der Waals surface area contributed by atoms with E-state index in [4.69, 9.17) is 4.74 Å². The van der Waals surface area contributed by atoms with Crippen LogP contribution in [0.3, 0.4) is 0 Å². The maximum Gasteiger partial charge on any atom is 0.244 e. The van der Waals surface area contributed by atoms with E-state index in [9.17, 15) is 18.3 Å². The second-order valence-corrected chi connectivity index (χ2v) is 7.51. The van der Waals surface area contributed by atoms with Gasteiger partial charge in [0.25, 0.3) is 0 Å². The molecule has 1 aliphatic heterocycles. The van der Waals surface area contributed by atoms with Crippen LogP contribution in [0.1, 0.15) is 22.0 Å². The van der Waals surface area contributed by atoms with Crippen molar-refractivity contribution in [3.63, 3.8) is 0 Å². The Morgan fingerprint density at radius 1 is 1.12 bits per heavy atom. The number of hydrogen-bond donors (Lipinski definition) is 1. The smallest absolute Gasteiger partial charge is 0.244 e. The van der Waals surface area contributed by atoms with Gasteiger partial charge in [0.15, 0.2) is 5.78 Å². The van der Waals surface area contributed by atoms with Crippen LogP contribution in [0.2, 0.25) is 0 Å². The second kappa shape index (κ2) is 6.01. The van der Waals surface area contributed by atoms with Crippen LogP contribution in [0.4, 0.5) is 0 Å². The van der Waals surface area contributed by atoms with E-state index in [0.29, 0.717) is 11.3 Å². The molecule has 0 bridgehead atoms. The molecule has 126 valence electrons. The molecule has 1 heterocycles. The standard InChI is InChI=1S/C17H17NO5S/c1-18-15(16(19)11-7-9-12(23-2)10-8-11)17(20)13-5-3-4-6-14(13)24(18,21)22/h3-10,15-16,19H,1-2H3. The zero-order valence-corrected chi connectivity index (χ0v) is 14.0. The molecule has 6 nitrogen and oxygen atoms in total. The van der Waals surface area contributed by atoms with Gasteiger partial charge in [0.2, 0.25) is 10.0 Å². The van der Waals surface area contributed by atoms with Crippen molar-refractivity contribution in [3.05, 3.63) is 59.7 Å². The summed E-state index contributed by atoms with van der Waals surface area (Å²) in [6, 6.07) is 11.3. The van der Waals surface area contributed by atoms with E-state index in [2.05, 4.69) is 0 Å². The third-order valence-corrected chi connectivity index (χ3v) is 6.12. The zero-order valence-electron chi connectivity index (χ0n) is 13.2. The highest BCUT2D eigenvalue weighted by Crippen LogP contribution is 2.34. The number of sulfonamides is 1. The van der Waals surface area contributed by atoms with Gasteiger partial charge in [-0.15, -0.1) is 0 Å². The molecule has 0 amide bonds. The summed E-state index contributed by atoms with van der Waals surface area (Å²) in [5.41, 5.74) is 0.545. The van der Waals surface area contributed by atoms with Crippen LogP contribution >= 0.6 is 0 Å². The van der Waals surface area contributed by atoms with Crippen LogP contribution in [-0.2, 0) is 10.0 Å². The summed E-state index contributed by atoms with van der Waals surface area (Å²) in [6.45, 7) is 0. The third kappa shape index (κ3) is 2.50. The minimum Gasteiger partial charge on any atom is -0.497 e. The summed E-state index contributed by atoms with van der Waals surface area (Å²) in [7, 11) is -1.01. The van der Waals surface area contributed by atoms with Crippen molar-refractivity contribution in [1.82, 2.24) is 4.31 Å². The SMILES string of the molecule is COc1ccc(C(O)C2C(=O)c3ccccc3S(=O)(=O)N2C)cc1. The van der Waals surface area contributed by atoms with Crippen LogP contribution in [0.25, 0.3) is 0 Å². The molecule has 7 heteroatoms. The van der Waals surface area contributed by atoms with Gasteiger partial charge in [0, 0.05) is 12.6 Å². The molecule has 0 fully saturated rings. The van der Waals surface area contributed by atoms with Gasteiger partial charge in [0.05, 0.1) is 12.0 Å². The predicted octanol–water partition coefficient (Wildman–Crippen LogP) is 1.61. The molecule has 2 aromatic rings.